The van der Waals surface area contributed by atoms with Crippen molar-refractivity contribution in [2.24, 2.45) is 0 Å². The van der Waals surface area contributed by atoms with E-state index in [4.69, 9.17) is 4.74 Å². The van der Waals surface area contributed by atoms with Crippen molar-refractivity contribution >= 4 is 11.9 Å². The number of amides is 1. The molecule has 1 amide bonds. The van der Waals surface area contributed by atoms with Gasteiger partial charge in [-0.25, -0.2) is 4.79 Å². The lowest BCUT2D eigenvalue weighted by Gasteiger charge is -2.15. The van der Waals surface area contributed by atoms with Crippen molar-refractivity contribution in [2.45, 2.75) is 58.4 Å². The number of benzene rings is 1. The quantitative estimate of drug-likeness (QED) is 0.820. The van der Waals surface area contributed by atoms with E-state index in [1.54, 1.807) is 0 Å². The minimum absolute atomic E-state index is 0.210. The molecule has 120 valence electrons. The molecule has 0 radical (unpaired) electrons. The lowest BCUT2D eigenvalue weighted by molar-refractivity contribution is -0.124. The Labute approximate surface area is 132 Å². The molecule has 1 N–H and O–H groups in total. The van der Waals surface area contributed by atoms with Gasteiger partial charge >= 0.3 is 5.97 Å². The van der Waals surface area contributed by atoms with Gasteiger partial charge in [-0.15, -0.1) is 0 Å². The first kappa shape index (κ1) is 16.5. The van der Waals surface area contributed by atoms with Crippen molar-refractivity contribution in [3.8, 4) is 0 Å². The first-order valence-corrected chi connectivity index (χ1v) is 7.98. The lowest BCUT2D eigenvalue weighted by Crippen LogP contribution is -2.30. The van der Waals surface area contributed by atoms with Crippen LogP contribution in [0, 0.1) is 0 Å². The number of rotatable bonds is 6. The highest BCUT2D eigenvalue weighted by Crippen LogP contribution is 2.25. The van der Waals surface area contributed by atoms with Crippen molar-refractivity contribution in [3.63, 3.8) is 0 Å². The number of esters is 1. The summed E-state index contributed by atoms with van der Waals surface area (Å²) >= 11 is 0. The number of carbonyl (C=O) groups excluding carboxylic acids is 2. The van der Waals surface area contributed by atoms with E-state index in [-0.39, 0.29) is 24.5 Å². The van der Waals surface area contributed by atoms with Crippen LogP contribution in [0.5, 0.6) is 0 Å². The van der Waals surface area contributed by atoms with E-state index in [9.17, 15) is 9.59 Å². The Morgan fingerprint density at radius 2 is 1.86 bits per heavy atom. The van der Waals surface area contributed by atoms with Gasteiger partial charge in [-0.1, -0.05) is 39.8 Å². The van der Waals surface area contributed by atoms with Crippen molar-refractivity contribution in [2.75, 3.05) is 6.61 Å². The van der Waals surface area contributed by atoms with E-state index in [2.05, 4.69) is 39.1 Å². The molecule has 1 aromatic rings. The predicted molar refractivity (Wildman–Crippen MR) is 86.1 cm³/mol. The van der Waals surface area contributed by atoms with Gasteiger partial charge in [0.05, 0.1) is 5.56 Å². The van der Waals surface area contributed by atoms with Gasteiger partial charge in [0, 0.05) is 6.04 Å². The van der Waals surface area contributed by atoms with Crippen molar-refractivity contribution in [1.82, 2.24) is 5.32 Å². The third kappa shape index (κ3) is 4.33. The molecule has 0 atom stereocenters. The minimum atomic E-state index is -0.426. The Morgan fingerprint density at radius 1 is 1.18 bits per heavy atom. The molecule has 0 heterocycles. The molecule has 2 rings (SSSR count). The molecule has 1 aliphatic rings. The van der Waals surface area contributed by atoms with Gasteiger partial charge in [0.1, 0.15) is 0 Å². The van der Waals surface area contributed by atoms with E-state index in [0.29, 0.717) is 11.5 Å². The van der Waals surface area contributed by atoms with Crippen molar-refractivity contribution in [3.05, 3.63) is 34.9 Å². The predicted octanol–water partition coefficient (Wildman–Crippen LogP) is 3.37. The molecular weight excluding hydrogens is 278 g/mol. The Kier molecular flexibility index (Phi) is 5.22. The third-order valence-corrected chi connectivity index (χ3v) is 3.86. The zero-order valence-corrected chi connectivity index (χ0v) is 13.8. The molecule has 22 heavy (non-hydrogen) atoms. The molecule has 1 saturated carbocycles. The SMILES string of the molecule is CC(C)c1ccc(C(=O)OCC(=O)NC2CC2)c(C(C)C)c1. The number of carbonyl (C=O) groups is 2. The molecular formula is C18H25NO3. The second kappa shape index (κ2) is 6.95. The van der Waals surface area contributed by atoms with Crippen LogP contribution in [-0.2, 0) is 9.53 Å². The van der Waals surface area contributed by atoms with Gasteiger partial charge in [0.15, 0.2) is 6.61 Å². The second-order valence-electron chi connectivity index (χ2n) is 6.57. The maximum absolute atomic E-state index is 12.3. The molecule has 1 aliphatic carbocycles. The first-order chi connectivity index (χ1) is 10.4. The lowest BCUT2D eigenvalue weighted by atomic mass is 9.91. The average Bonchev–Trinajstić information content (AvgIpc) is 3.27. The van der Waals surface area contributed by atoms with Gasteiger partial charge in [-0.2, -0.15) is 0 Å². The van der Waals surface area contributed by atoms with E-state index in [0.717, 1.165) is 18.4 Å². The first-order valence-electron chi connectivity index (χ1n) is 7.98. The number of hydrogen-bond donors (Lipinski definition) is 1. The summed E-state index contributed by atoms with van der Waals surface area (Å²) in [4.78, 5) is 23.9. The monoisotopic (exact) mass is 303 g/mol. The van der Waals surface area contributed by atoms with Gasteiger partial charge in [-0.3, -0.25) is 4.79 Å². The van der Waals surface area contributed by atoms with Crippen molar-refractivity contribution in [1.29, 1.82) is 0 Å². The summed E-state index contributed by atoms with van der Waals surface area (Å²) in [6.07, 6.45) is 2.04. The zero-order chi connectivity index (χ0) is 16.3. The summed E-state index contributed by atoms with van der Waals surface area (Å²) in [7, 11) is 0. The molecule has 4 heteroatoms. The van der Waals surface area contributed by atoms with E-state index in [1.807, 2.05) is 12.1 Å². The van der Waals surface area contributed by atoms with Crippen LogP contribution in [0.4, 0.5) is 0 Å². The number of nitrogens with one attached hydrogen (secondary N) is 1. The highest BCUT2D eigenvalue weighted by molar-refractivity contribution is 5.93. The van der Waals surface area contributed by atoms with Gasteiger partial charge < -0.3 is 10.1 Å². The summed E-state index contributed by atoms with van der Waals surface area (Å²) in [5.41, 5.74) is 2.73. The minimum Gasteiger partial charge on any atom is -0.452 e. The second-order valence-corrected chi connectivity index (χ2v) is 6.57. The smallest absolute Gasteiger partial charge is 0.338 e. The molecule has 0 saturated heterocycles. The van der Waals surface area contributed by atoms with Crippen LogP contribution in [0.2, 0.25) is 0 Å². The fourth-order valence-corrected chi connectivity index (χ4v) is 2.31. The fourth-order valence-electron chi connectivity index (χ4n) is 2.31. The summed E-state index contributed by atoms with van der Waals surface area (Å²) in [6, 6.07) is 6.11. The Balaban J connectivity index is 2.05. The standard InChI is InChI=1S/C18H25NO3/c1-11(2)13-5-8-15(16(9-13)12(3)4)18(21)22-10-17(20)19-14-6-7-14/h5,8-9,11-12,14H,6-7,10H2,1-4H3,(H,19,20). The molecule has 1 fully saturated rings. The number of hydrogen-bond acceptors (Lipinski definition) is 3. The Bertz CT molecular complexity index is 559. The van der Waals surface area contributed by atoms with Gasteiger partial charge in [-0.05, 0) is 41.9 Å². The van der Waals surface area contributed by atoms with Gasteiger partial charge in [0.25, 0.3) is 5.91 Å². The molecule has 4 nitrogen and oxygen atoms in total. The topological polar surface area (TPSA) is 55.4 Å². The Hall–Kier alpha value is -1.84. The third-order valence-electron chi connectivity index (χ3n) is 3.86. The molecule has 0 bridgehead atoms. The van der Waals surface area contributed by atoms with Crippen LogP contribution in [0.3, 0.4) is 0 Å². The van der Waals surface area contributed by atoms with Crippen molar-refractivity contribution < 1.29 is 14.3 Å². The highest BCUT2D eigenvalue weighted by Gasteiger charge is 2.24. The molecule has 1 aromatic carbocycles. The zero-order valence-electron chi connectivity index (χ0n) is 13.8. The normalized spacial score (nSPS) is 14.3. The molecule has 0 spiro atoms. The van der Waals surface area contributed by atoms with Crippen LogP contribution in [0.25, 0.3) is 0 Å². The van der Waals surface area contributed by atoms with E-state index >= 15 is 0 Å². The molecule has 0 unspecified atom stereocenters. The van der Waals surface area contributed by atoms with Crippen LogP contribution >= 0.6 is 0 Å². The summed E-state index contributed by atoms with van der Waals surface area (Å²) in [6.45, 7) is 8.14. The summed E-state index contributed by atoms with van der Waals surface area (Å²) in [5.74, 6) is -0.0147. The van der Waals surface area contributed by atoms with Crippen LogP contribution in [0.15, 0.2) is 18.2 Å². The van der Waals surface area contributed by atoms with Crippen LogP contribution in [0.1, 0.15) is 73.9 Å². The maximum atomic E-state index is 12.3. The van der Waals surface area contributed by atoms with E-state index < -0.39 is 5.97 Å². The Morgan fingerprint density at radius 3 is 2.41 bits per heavy atom. The molecule has 0 aromatic heterocycles. The van der Waals surface area contributed by atoms with Gasteiger partial charge in [0.2, 0.25) is 0 Å². The largest absolute Gasteiger partial charge is 0.452 e. The van der Waals surface area contributed by atoms with E-state index in [1.165, 1.54) is 5.56 Å². The molecule has 0 aliphatic heterocycles. The van der Waals surface area contributed by atoms with Crippen LogP contribution in [-0.4, -0.2) is 24.5 Å². The highest BCUT2D eigenvalue weighted by atomic mass is 16.5. The summed E-state index contributed by atoms with van der Waals surface area (Å²) in [5, 5.41) is 2.81. The van der Waals surface area contributed by atoms with Crippen LogP contribution < -0.4 is 5.32 Å². The maximum Gasteiger partial charge on any atom is 0.338 e. The summed E-state index contributed by atoms with van der Waals surface area (Å²) < 4.78 is 5.16. The average molecular weight is 303 g/mol. The fraction of sp³-hybridized carbons (Fsp3) is 0.556. The number of ether oxygens (including phenoxy) is 1.